The Hall–Kier alpha value is -2.77. The molecule has 1 aliphatic rings. The van der Waals surface area contributed by atoms with Gasteiger partial charge in [0.15, 0.2) is 5.76 Å². The van der Waals surface area contributed by atoms with E-state index in [1.54, 1.807) is 4.90 Å². The van der Waals surface area contributed by atoms with Gasteiger partial charge in [-0.2, -0.15) is 0 Å². The minimum absolute atomic E-state index is 0.00749. The molecule has 0 radical (unpaired) electrons. The second-order valence-corrected chi connectivity index (χ2v) is 6.04. The maximum absolute atomic E-state index is 13.8. The van der Waals surface area contributed by atoms with Crippen molar-refractivity contribution in [1.82, 2.24) is 10.1 Å². The van der Waals surface area contributed by atoms with Crippen molar-refractivity contribution in [2.45, 2.75) is 19.3 Å². The molecule has 6 nitrogen and oxygen atoms in total. The van der Waals surface area contributed by atoms with Crippen LogP contribution in [0.2, 0.25) is 0 Å². The standard InChI is InChI=1S/C17H17F2N3O3/c18-11-1-2-13(14(19)7-11)15-8-12(21-25-15)9-16(23)22-5-3-10(4-6-22)17(20)24/h1-2,7-8,10H,3-6,9H2,(H2,20,24). The van der Waals surface area contributed by atoms with Gasteiger partial charge < -0.3 is 15.2 Å². The minimum Gasteiger partial charge on any atom is -0.369 e. The highest BCUT2D eigenvalue weighted by Gasteiger charge is 2.26. The third-order valence-electron chi connectivity index (χ3n) is 4.34. The number of rotatable bonds is 4. The summed E-state index contributed by atoms with van der Waals surface area (Å²) in [5.74, 6) is -1.99. The number of halogens is 2. The minimum atomic E-state index is -0.762. The van der Waals surface area contributed by atoms with Crippen molar-refractivity contribution < 1.29 is 22.9 Å². The van der Waals surface area contributed by atoms with Crippen LogP contribution in [0.3, 0.4) is 0 Å². The van der Waals surface area contributed by atoms with Crippen molar-refractivity contribution in [2.24, 2.45) is 11.7 Å². The number of carbonyl (C=O) groups excluding carboxylic acids is 2. The average Bonchev–Trinajstić information content (AvgIpc) is 3.03. The van der Waals surface area contributed by atoms with Gasteiger partial charge in [-0.1, -0.05) is 5.16 Å². The molecule has 2 amide bonds. The van der Waals surface area contributed by atoms with E-state index in [-0.39, 0.29) is 35.5 Å². The third-order valence-corrected chi connectivity index (χ3v) is 4.34. The zero-order chi connectivity index (χ0) is 18.0. The van der Waals surface area contributed by atoms with Crippen LogP contribution in [0.25, 0.3) is 11.3 Å². The molecule has 2 aromatic rings. The molecule has 1 aromatic carbocycles. The molecular formula is C17H17F2N3O3. The van der Waals surface area contributed by atoms with E-state index in [9.17, 15) is 18.4 Å². The van der Waals surface area contributed by atoms with Crippen molar-refractivity contribution in [2.75, 3.05) is 13.1 Å². The van der Waals surface area contributed by atoms with E-state index in [0.717, 1.165) is 12.1 Å². The van der Waals surface area contributed by atoms with Crippen LogP contribution in [0.5, 0.6) is 0 Å². The first-order chi connectivity index (χ1) is 11.9. The predicted octanol–water partition coefficient (Wildman–Crippen LogP) is 1.89. The van der Waals surface area contributed by atoms with Crippen molar-refractivity contribution >= 4 is 11.8 Å². The fourth-order valence-electron chi connectivity index (χ4n) is 2.89. The fourth-order valence-corrected chi connectivity index (χ4v) is 2.89. The molecule has 2 N–H and O–H groups in total. The Morgan fingerprint density at radius 1 is 1.24 bits per heavy atom. The number of amides is 2. The van der Waals surface area contributed by atoms with Crippen LogP contribution in [0.4, 0.5) is 8.78 Å². The monoisotopic (exact) mass is 349 g/mol. The molecule has 1 aliphatic heterocycles. The smallest absolute Gasteiger partial charge is 0.228 e. The zero-order valence-electron chi connectivity index (χ0n) is 13.4. The van der Waals surface area contributed by atoms with Gasteiger partial charge in [0.2, 0.25) is 11.8 Å². The second kappa shape index (κ2) is 7.00. The number of nitrogens with zero attached hydrogens (tertiary/aromatic N) is 2. The van der Waals surface area contributed by atoms with Crippen molar-refractivity contribution in [3.8, 4) is 11.3 Å². The van der Waals surface area contributed by atoms with E-state index in [1.807, 2.05) is 0 Å². The molecule has 3 rings (SSSR count). The van der Waals surface area contributed by atoms with Crippen molar-refractivity contribution in [1.29, 1.82) is 0 Å². The molecule has 1 aromatic heterocycles. The highest BCUT2D eigenvalue weighted by Crippen LogP contribution is 2.25. The zero-order valence-corrected chi connectivity index (χ0v) is 13.4. The van der Waals surface area contributed by atoms with Crippen LogP contribution in [0.15, 0.2) is 28.8 Å². The number of likely N-dealkylation sites (tertiary alicyclic amines) is 1. The molecule has 132 valence electrons. The topological polar surface area (TPSA) is 89.4 Å². The van der Waals surface area contributed by atoms with Gasteiger partial charge in [0.25, 0.3) is 0 Å². The lowest BCUT2D eigenvalue weighted by Gasteiger charge is -2.30. The van der Waals surface area contributed by atoms with Crippen LogP contribution < -0.4 is 5.73 Å². The molecule has 1 fully saturated rings. The number of benzene rings is 1. The molecule has 0 atom stereocenters. The number of hydrogen-bond acceptors (Lipinski definition) is 4. The van der Waals surface area contributed by atoms with Crippen LogP contribution in [-0.2, 0) is 16.0 Å². The number of primary amides is 1. The summed E-state index contributed by atoms with van der Waals surface area (Å²) >= 11 is 0. The lowest BCUT2D eigenvalue weighted by molar-refractivity contribution is -0.134. The van der Waals surface area contributed by atoms with Crippen LogP contribution in [-0.4, -0.2) is 35.0 Å². The highest BCUT2D eigenvalue weighted by molar-refractivity contribution is 5.80. The van der Waals surface area contributed by atoms with E-state index in [4.69, 9.17) is 10.3 Å². The average molecular weight is 349 g/mol. The van der Waals surface area contributed by atoms with Gasteiger partial charge >= 0.3 is 0 Å². The molecule has 0 spiro atoms. The van der Waals surface area contributed by atoms with Gasteiger partial charge in [0.1, 0.15) is 11.6 Å². The van der Waals surface area contributed by atoms with Crippen LogP contribution >= 0.6 is 0 Å². The van der Waals surface area contributed by atoms with Crippen molar-refractivity contribution in [3.63, 3.8) is 0 Å². The summed E-state index contributed by atoms with van der Waals surface area (Å²) in [7, 11) is 0. The lowest BCUT2D eigenvalue weighted by atomic mass is 9.96. The summed E-state index contributed by atoms with van der Waals surface area (Å²) in [4.78, 5) is 25.1. The first-order valence-corrected chi connectivity index (χ1v) is 7.92. The molecule has 0 aliphatic carbocycles. The number of carbonyl (C=O) groups is 2. The van der Waals surface area contributed by atoms with E-state index in [0.29, 0.717) is 31.6 Å². The Bertz CT molecular complexity index is 798. The Morgan fingerprint density at radius 2 is 1.96 bits per heavy atom. The highest BCUT2D eigenvalue weighted by atomic mass is 19.1. The number of piperidine rings is 1. The Balaban J connectivity index is 1.63. The van der Waals surface area contributed by atoms with Gasteiger partial charge in [-0.3, -0.25) is 9.59 Å². The van der Waals surface area contributed by atoms with Gasteiger partial charge in [-0.15, -0.1) is 0 Å². The van der Waals surface area contributed by atoms with E-state index in [1.165, 1.54) is 12.1 Å². The summed E-state index contributed by atoms with van der Waals surface area (Å²) in [6, 6.07) is 4.59. The quantitative estimate of drug-likeness (QED) is 0.913. The summed E-state index contributed by atoms with van der Waals surface area (Å²) in [5.41, 5.74) is 5.71. The van der Waals surface area contributed by atoms with E-state index < -0.39 is 11.6 Å². The summed E-state index contributed by atoms with van der Waals surface area (Å²) in [6.45, 7) is 0.924. The lowest BCUT2D eigenvalue weighted by Crippen LogP contribution is -2.42. The fraction of sp³-hybridized carbons (Fsp3) is 0.353. The Morgan fingerprint density at radius 3 is 2.60 bits per heavy atom. The number of nitrogens with two attached hydrogens (primary N) is 1. The summed E-state index contributed by atoms with van der Waals surface area (Å²) in [6.07, 6.45) is 1.10. The van der Waals surface area contributed by atoms with E-state index in [2.05, 4.69) is 5.16 Å². The van der Waals surface area contributed by atoms with Gasteiger partial charge in [-0.05, 0) is 25.0 Å². The SMILES string of the molecule is NC(=O)C1CCN(C(=O)Cc2cc(-c3ccc(F)cc3F)on2)CC1. The molecular weight excluding hydrogens is 332 g/mol. The Kier molecular flexibility index (Phi) is 4.78. The summed E-state index contributed by atoms with van der Waals surface area (Å²) in [5, 5.41) is 3.78. The normalized spacial score (nSPS) is 15.4. The Labute approximate surface area is 142 Å². The molecule has 0 saturated carbocycles. The van der Waals surface area contributed by atoms with Crippen LogP contribution in [0, 0.1) is 17.6 Å². The van der Waals surface area contributed by atoms with Gasteiger partial charge in [0, 0.05) is 31.1 Å². The van der Waals surface area contributed by atoms with Gasteiger partial charge in [-0.25, -0.2) is 8.78 Å². The molecule has 0 bridgehead atoms. The maximum atomic E-state index is 13.8. The number of hydrogen-bond donors (Lipinski definition) is 1. The molecule has 0 unspecified atom stereocenters. The van der Waals surface area contributed by atoms with Crippen LogP contribution in [0.1, 0.15) is 18.5 Å². The molecule has 1 saturated heterocycles. The summed E-state index contributed by atoms with van der Waals surface area (Å²) < 4.78 is 31.8. The number of aromatic nitrogens is 1. The largest absolute Gasteiger partial charge is 0.369 e. The maximum Gasteiger partial charge on any atom is 0.228 e. The molecule has 2 heterocycles. The molecule has 25 heavy (non-hydrogen) atoms. The van der Waals surface area contributed by atoms with Gasteiger partial charge in [0.05, 0.1) is 17.7 Å². The first-order valence-electron chi connectivity index (χ1n) is 7.92. The second-order valence-electron chi connectivity index (χ2n) is 6.04. The van der Waals surface area contributed by atoms with E-state index >= 15 is 0 Å². The van der Waals surface area contributed by atoms with Crippen molar-refractivity contribution in [3.05, 3.63) is 41.6 Å². The molecule has 8 heteroatoms. The first kappa shape index (κ1) is 17.1. The third kappa shape index (κ3) is 3.84. The predicted molar refractivity (Wildman–Crippen MR) is 84.1 cm³/mol.